The second-order valence-corrected chi connectivity index (χ2v) is 5.85. The Balaban J connectivity index is 4.56. The zero-order chi connectivity index (χ0) is 13.1. The van der Waals surface area contributed by atoms with Crippen LogP contribution in [0.3, 0.4) is 0 Å². The molecule has 0 fully saturated rings. The van der Waals surface area contributed by atoms with Gasteiger partial charge in [-0.05, 0) is 26.2 Å². The normalized spacial score (nSPS) is 14.1. The highest BCUT2D eigenvalue weighted by molar-refractivity contribution is 5.85. The lowest BCUT2D eigenvalue weighted by Gasteiger charge is -2.29. The monoisotopic (exact) mass is 230 g/mol. The van der Waals surface area contributed by atoms with Gasteiger partial charge in [0.1, 0.15) is 11.6 Å². The van der Waals surface area contributed by atoms with Crippen molar-refractivity contribution >= 4 is 12.0 Å². The van der Waals surface area contributed by atoms with Crippen LogP contribution in [-0.2, 0) is 9.53 Å². The molecule has 0 radical (unpaired) electrons. The molecule has 0 aliphatic heterocycles. The number of ether oxygens (including phenoxy) is 1. The van der Waals surface area contributed by atoms with Gasteiger partial charge in [0.05, 0.1) is 0 Å². The molecule has 3 N–H and O–H groups in total. The van der Waals surface area contributed by atoms with Crippen molar-refractivity contribution in [2.75, 3.05) is 0 Å². The number of hydrogen-bond donors (Lipinski definition) is 2. The predicted molar refractivity (Wildman–Crippen MR) is 61.8 cm³/mol. The lowest BCUT2D eigenvalue weighted by molar-refractivity contribution is -0.122. The van der Waals surface area contributed by atoms with E-state index in [0.717, 1.165) is 0 Å². The third-order valence-corrected chi connectivity index (χ3v) is 1.81. The Morgan fingerprint density at radius 2 is 1.56 bits per heavy atom. The van der Waals surface area contributed by atoms with E-state index in [1.165, 1.54) is 0 Å². The third-order valence-electron chi connectivity index (χ3n) is 1.81. The molecule has 0 aliphatic rings. The van der Waals surface area contributed by atoms with Gasteiger partial charge < -0.3 is 15.8 Å². The van der Waals surface area contributed by atoms with Crippen molar-refractivity contribution in [3.63, 3.8) is 0 Å². The molecule has 0 heterocycles. The van der Waals surface area contributed by atoms with Gasteiger partial charge in [0.2, 0.25) is 5.91 Å². The Labute approximate surface area is 96.7 Å². The first-order valence-electron chi connectivity index (χ1n) is 5.22. The first-order chi connectivity index (χ1) is 6.93. The highest BCUT2D eigenvalue weighted by Gasteiger charge is 2.32. The number of amides is 2. The predicted octanol–water partition coefficient (Wildman–Crippen LogP) is 1.41. The number of primary amides is 1. The molecule has 0 aromatic heterocycles. The second-order valence-electron chi connectivity index (χ2n) is 5.85. The summed E-state index contributed by atoms with van der Waals surface area (Å²) in [5, 5.41) is 2.48. The van der Waals surface area contributed by atoms with Crippen molar-refractivity contribution in [3.05, 3.63) is 0 Å². The third kappa shape index (κ3) is 5.58. The number of alkyl carbamates (subject to hydrolysis) is 1. The number of nitrogens with two attached hydrogens (primary N) is 1. The Hall–Kier alpha value is -1.26. The summed E-state index contributed by atoms with van der Waals surface area (Å²) >= 11 is 0. The van der Waals surface area contributed by atoms with E-state index in [1.807, 2.05) is 20.8 Å². The van der Waals surface area contributed by atoms with Crippen molar-refractivity contribution < 1.29 is 14.3 Å². The van der Waals surface area contributed by atoms with Gasteiger partial charge in [-0.25, -0.2) is 4.79 Å². The van der Waals surface area contributed by atoms with Crippen molar-refractivity contribution in [2.24, 2.45) is 11.1 Å². The average Bonchev–Trinajstić information content (AvgIpc) is 1.93. The molecule has 0 aromatic carbocycles. The summed E-state index contributed by atoms with van der Waals surface area (Å²) in [5.41, 5.74) is 4.19. The molecular weight excluding hydrogens is 208 g/mol. The highest BCUT2D eigenvalue weighted by Crippen LogP contribution is 2.19. The van der Waals surface area contributed by atoms with E-state index < -0.39 is 29.1 Å². The summed E-state index contributed by atoms with van der Waals surface area (Å²) in [6.07, 6.45) is -0.633. The molecule has 5 heteroatoms. The quantitative estimate of drug-likeness (QED) is 0.752. The van der Waals surface area contributed by atoms with Crippen molar-refractivity contribution in [2.45, 2.75) is 53.2 Å². The first-order valence-corrected chi connectivity index (χ1v) is 5.22. The van der Waals surface area contributed by atoms with Crippen molar-refractivity contribution in [1.29, 1.82) is 0 Å². The molecule has 16 heavy (non-hydrogen) atoms. The minimum absolute atomic E-state index is 0.442. The molecule has 2 amide bonds. The molecule has 0 unspecified atom stereocenters. The Kier molecular flexibility index (Phi) is 4.35. The van der Waals surface area contributed by atoms with Crippen LogP contribution in [0.5, 0.6) is 0 Å². The SMILES string of the molecule is CC(C)(C)OC(=O)N[C@H](C(N)=O)C(C)(C)C. The lowest BCUT2D eigenvalue weighted by Crippen LogP contribution is -2.53. The van der Waals surface area contributed by atoms with Gasteiger partial charge in [-0.1, -0.05) is 20.8 Å². The highest BCUT2D eigenvalue weighted by atomic mass is 16.6. The number of rotatable bonds is 2. The van der Waals surface area contributed by atoms with Crippen LogP contribution in [0.2, 0.25) is 0 Å². The molecule has 94 valence electrons. The van der Waals surface area contributed by atoms with E-state index in [0.29, 0.717) is 0 Å². The Morgan fingerprint density at radius 3 is 1.81 bits per heavy atom. The molecule has 0 aliphatic carbocycles. The molecule has 1 atom stereocenters. The smallest absolute Gasteiger partial charge is 0.408 e. The van der Waals surface area contributed by atoms with Crippen LogP contribution in [0.25, 0.3) is 0 Å². The summed E-state index contributed by atoms with van der Waals surface area (Å²) in [5.74, 6) is -0.571. The van der Waals surface area contributed by atoms with Crippen LogP contribution in [0.1, 0.15) is 41.5 Å². The van der Waals surface area contributed by atoms with Gasteiger partial charge in [0.15, 0.2) is 0 Å². The minimum Gasteiger partial charge on any atom is -0.444 e. The minimum atomic E-state index is -0.748. The van der Waals surface area contributed by atoms with Crippen LogP contribution in [0.15, 0.2) is 0 Å². The molecule has 0 spiro atoms. The maximum atomic E-state index is 11.5. The largest absolute Gasteiger partial charge is 0.444 e. The zero-order valence-electron chi connectivity index (χ0n) is 10.9. The molecule has 0 bridgehead atoms. The molecule has 0 saturated heterocycles. The summed E-state index contributed by atoms with van der Waals surface area (Å²) in [6, 6.07) is -0.748. The maximum absolute atomic E-state index is 11.5. The van der Waals surface area contributed by atoms with Crippen LogP contribution >= 0.6 is 0 Å². The van der Waals surface area contributed by atoms with E-state index in [1.54, 1.807) is 20.8 Å². The van der Waals surface area contributed by atoms with Gasteiger partial charge in [-0.2, -0.15) is 0 Å². The van der Waals surface area contributed by atoms with Crippen molar-refractivity contribution in [3.8, 4) is 0 Å². The fourth-order valence-corrected chi connectivity index (χ4v) is 1.14. The molecule has 5 nitrogen and oxygen atoms in total. The van der Waals surface area contributed by atoms with E-state index in [9.17, 15) is 9.59 Å². The van der Waals surface area contributed by atoms with Crippen LogP contribution < -0.4 is 11.1 Å². The molecule has 0 saturated carbocycles. The molecular formula is C11H22N2O3. The summed E-state index contributed by atoms with van der Waals surface area (Å²) < 4.78 is 5.06. The standard InChI is InChI=1S/C11H22N2O3/c1-10(2,3)7(8(12)14)13-9(15)16-11(4,5)6/h7H,1-6H3,(H2,12,14)(H,13,15)/t7-/m1/s1. The average molecular weight is 230 g/mol. The second kappa shape index (κ2) is 4.72. The van der Waals surface area contributed by atoms with E-state index in [4.69, 9.17) is 10.5 Å². The van der Waals surface area contributed by atoms with E-state index >= 15 is 0 Å². The summed E-state index contributed by atoms with van der Waals surface area (Å²) in [7, 11) is 0. The maximum Gasteiger partial charge on any atom is 0.408 e. The molecule has 0 aromatic rings. The van der Waals surface area contributed by atoms with E-state index in [-0.39, 0.29) is 0 Å². The van der Waals surface area contributed by atoms with Crippen LogP contribution in [-0.4, -0.2) is 23.6 Å². The van der Waals surface area contributed by atoms with Gasteiger partial charge in [-0.3, -0.25) is 4.79 Å². The van der Waals surface area contributed by atoms with Gasteiger partial charge >= 0.3 is 6.09 Å². The van der Waals surface area contributed by atoms with Gasteiger partial charge in [0.25, 0.3) is 0 Å². The van der Waals surface area contributed by atoms with Gasteiger partial charge in [-0.15, -0.1) is 0 Å². The number of carbonyl (C=O) groups is 2. The van der Waals surface area contributed by atoms with Crippen LogP contribution in [0.4, 0.5) is 4.79 Å². The zero-order valence-corrected chi connectivity index (χ0v) is 10.9. The topological polar surface area (TPSA) is 81.4 Å². The van der Waals surface area contributed by atoms with Crippen molar-refractivity contribution in [1.82, 2.24) is 5.32 Å². The molecule has 0 rings (SSSR count). The summed E-state index contributed by atoms with van der Waals surface area (Å²) in [6.45, 7) is 10.7. The fourth-order valence-electron chi connectivity index (χ4n) is 1.14. The number of hydrogen-bond acceptors (Lipinski definition) is 3. The first kappa shape index (κ1) is 14.7. The number of nitrogens with one attached hydrogen (secondary N) is 1. The number of carbonyl (C=O) groups excluding carboxylic acids is 2. The van der Waals surface area contributed by atoms with E-state index in [2.05, 4.69) is 5.32 Å². The Bertz CT molecular complexity index is 274. The Morgan fingerprint density at radius 1 is 1.12 bits per heavy atom. The lowest BCUT2D eigenvalue weighted by atomic mass is 9.86. The summed E-state index contributed by atoms with van der Waals surface area (Å²) in [4.78, 5) is 22.7. The van der Waals surface area contributed by atoms with Gasteiger partial charge in [0, 0.05) is 0 Å². The fraction of sp³-hybridized carbons (Fsp3) is 0.818. The van der Waals surface area contributed by atoms with Crippen LogP contribution in [0, 0.1) is 5.41 Å².